The van der Waals surface area contributed by atoms with E-state index in [4.69, 9.17) is 0 Å². The highest BCUT2D eigenvalue weighted by Gasteiger charge is 2.01. The van der Waals surface area contributed by atoms with Crippen molar-refractivity contribution in [2.75, 3.05) is 0 Å². The summed E-state index contributed by atoms with van der Waals surface area (Å²) in [5.41, 5.74) is 0.874. The summed E-state index contributed by atoms with van der Waals surface area (Å²) in [6.07, 6.45) is 1.66. The SMILES string of the molecule is Cn1cnc(CNCc2ccccc2O)n1. The molecule has 0 amide bonds. The van der Waals surface area contributed by atoms with Crippen LogP contribution in [0, 0.1) is 0 Å². The second-order valence-electron chi connectivity index (χ2n) is 3.57. The van der Waals surface area contributed by atoms with Crippen molar-refractivity contribution >= 4 is 0 Å². The van der Waals surface area contributed by atoms with Gasteiger partial charge in [-0.2, -0.15) is 5.10 Å². The summed E-state index contributed by atoms with van der Waals surface area (Å²) in [6.45, 7) is 1.19. The predicted octanol–water partition coefficient (Wildman–Crippen LogP) is 0.810. The van der Waals surface area contributed by atoms with Gasteiger partial charge in [0, 0.05) is 19.2 Å². The van der Waals surface area contributed by atoms with Gasteiger partial charge in [0.05, 0.1) is 6.54 Å². The maximum atomic E-state index is 9.54. The summed E-state index contributed by atoms with van der Waals surface area (Å²) in [5.74, 6) is 1.06. The molecule has 0 aliphatic carbocycles. The Hall–Kier alpha value is -1.88. The van der Waals surface area contributed by atoms with E-state index in [1.54, 1.807) is 23.1 Å². The molecule has 84 valence electrons. The number of aromatic nitrogens is 3. The molecule has 0 atom stereocenters. The van der Waals surface area contributed by atoms with Crippen molar-refractivity contribution in [1.29, 1.82) is 0 Å². The van der Waals surface area contributed by atoms with E-state index in [9.17, 15) is 5.11 Å². The highest BCUT2D eigenvalue weighted by atomic mass is 16.3. The van der Waals surface area contributed by atoms with E-state index in [1.807, 2.05) is 19.2 Å². The lowest BCUT2D eigenvalue weighted by Gasteiger charge is -2.04. The highest BCUT2D eigenvalue weighted by Crippen LogP contribution is 2.14. The van der Waals surface area contributed by atoms with Gasteiger partial charge >= 0.3 is 0 Å². The van der Waals surface area contributed by atoms with Crippen molar-refractivity contribution in [3.63, 3.8) is 0 Å². The zero-order chi connectivity index (χ0) is 11.4. The summed E-state index contributed by atoms with van der Waals surface area (Å²) >= 11 is 0. The Morgan fingerprint density at radius 2 is 2.12 bits per heavy atom. The van der Waals surface area contributed by atoms with Crippen LogP contribution < -0.4 is 5.32 Å². The third kappa shape index (κ3) is 2.58. The molecule has 0 bridgehead atoms. The molecule has 0 spiro atoms. The lowest BCUT2D eigenvalue weighted by Crippen LogP contribution is -2.14. The van der Waals surface area contributed by atoms with Gasteiger partial charge in [0.15, 0.2) is 5.82 Å². The summed E-state index contributed by atoms with van der Waals surface area (Å²) < 4.78 is 1.66. The maximum Gasteiger partial charge on any atom is 0.164 e. The molecule has 5 heteroatoms. The second-order valence-corrected chi connectivity index (χ2v) is 3.57. The van der Waals surface area contributed by atoms with Gasteiger partial charge in [0.2, 0.25) is 0 Å². The first-order chi connectivity index (χ1) is 7.75. The number of para-hydroxylation sites is 1. The molecule has 1 aromatic carbocycles. The first kappa shape index (κ1) is 10.6. The van der Waals surface area contributed by atoms with Crippen molar-refractivity contribution in [2.24, 2.45) is 7.05 Å². The van der Waals surface area contributed by atoms with E-state index < -0.39 is 0 Å². The monoisotopic (exact) mass is 218 g/mol. The van der Waals surface area contributed by atoms with Gasteiger partial charge in [-0.15, -0.1) is 0 Å². The number of phenols is 1. The molecule has 0 unspecified atom stereocenters. The van der Waals surface area contributed by atoms with E-state index >= 15 is 0 Å². The van der Waals surface area contributed by atoms with Gasteiger partial charge in [-0.25, -0.2) is 4.98 Å². The summed E-state index contributed by atoms with van der Waals surface area (Å²) in [6, 6.07) is 7.26. The second kappa shape index (κ2) is 4.76. The molecule has 0 aliphatic heterocycles. The molecule has 2 aromatic rings. The molecule has 5 nitrogen and oxygen atoms in total. The number of nitrogens with one attached hydrogen (secondary N) is 1. The maximum absolute atomic E-state index is 9.54. The summed E-state index contributed by atoms with van der Waals surface area (Å²) in [7, 11) is 1.83. The number of aryl methyl sites for hydroxylation is 1. The third-order valence-corrected chi connectivity index (χ3v) is 2.24. The van der Waals surface area contributed by atoms with Crippen LogP contribution in [0.25, 0.3) is 0 Å². The van der Waals surface area contributed by atoms with Crippen LogP contribution in [0.5, 0.6) is 5.75 Å². The van der Waals surface area contributed by atoms with E-state index in [2.05, 4.69) is 15.4 Å². The van der Waals surface area contributed by atoms with E-state index in [-0.39, 0.29) is 0 Å². The molecule has 0 aliphatic rings. The van der Waals surface area contributed by atoms with Crippen LogP contribution in [-0.2, 0) is 20.1 Å². The molecule has 16 heavy (non-hydrogen) atoms. The van der Waals surface area contributed by atoms with E-state index in [0.29, 0.717) is 18.8 Å². The number of hydrogen-bond donors (Lipinski definition) is 2. The first-order valence-electron chi connectivity index (χ1n) is 5.08. The van der Waals surface area contributed by atoms with Gasteiger partial charge in [0.25, 0.3) is 0 Å². The van der Waals surface area contributed by atoms with Crippen molar-refractivity contribution in [1.82, 2.24) is 20.1 Å². The standard InChI is InChI=1S/C11H14N4O/c1-15-8-13-11(14-15)7-12-6-9-4-2-3-5-10(9)16/h2-5,8,12,16H,6-7H2,1H3. The van der Waals surface area contributed by atoms with E-state index in [0.717, 1.165) is 11.4 Å². The molecule has 0 fully saturated rings. The third-order valence-electron chi connectivity index (χ3n) is 2.24. The quantitative estimate of drug-likeness (QED) is 0.797. The Bertz CT molecular complexity index is 467. The van der Waals surface area contributed by atoms with E-state index in [1.165, 1.54) is 0 Å². The van der Waals surface area contributed by atoms with Gasteiger partial charge in [-0.3, -0.25) is 4.68 Å². The Labute approximate surface area is 93.8 Å². The van der Waals surface area contributed by atoms with Crippen LogP contribution in [0.15, 0.2) is 30.6 Å². The molecule has 2 rings (SSSR count). The smallest absolute Gasteiger partial charge is 0.164 e. The average molecular weight is 218 g/mol. The number of hydrogen-bond acceptors (Lipinski definition) is 4. The van der Waals surface area contributed by atoms with Crippen LogP contribution >= 0.6 is 0 Å². The molecule has 1 aromatic heterocycles. The van der Waals surface area contributed by atoms with Crippen molar-refractivity contribution in [2.45, 2.75) is 13.1 Å². The minimum Gasteiger partial charge on any atom is -0.508 e. The lowest BCUT2D eigenvalue weighted by atomic mass is 10.2. The molecule has 1 heterocycles. The van der Waals surface area contributed by atoms with Crippen molar-refractivity contribution in [3.05, 3.63) is 42.0 Å². The number of nitrogens with zero attached hydrogens (tertiary/aromatic N) is 3. The van der Waals surface area contributed by atoms with Crippen LogP contribution in [-0.4, -0.2) is 19.9 Å². The molecule has 0 saturated heterocycles. The highest BCUT2D eigenvalue weighted by molar-refractivity contribution is 5.31. The van der Waals surface area contributed by atoms with Gasteiger partial charge < -0.3 is 10.4 Å². The minimum atomic E-state index is 0.309. The molecular weight excluding hydrogens is 204 g/mol. The number of rotatable bonds is 4. The zero-order valence-corrected chi connectivity index (χ0v) is 9.09. The van der Waals surface area contributed by atoms with Crippen LogP contribution in [0.2, 0.25) is 0 Å². The Balaban J connectivity index is 1.87. The molecule has 2 N–H and O–H groups in total. The Morgan fingerprint density at radius 3 is 2.81 bits per heavy atom. The first-order valence-corrected chi connectivity index (χ1v) is 5.08. The summed E-state index contributed by atoms with van der Waals surface area (Å²) in [5, 5.41) is 16.9. The van der Waals surface area contributed by atoms with Gasteiger partial charge in [-0.05, 0) is 6.07 Å². The lowest BCUT2D eigenvalue weighted by molar-refractivity contribution is 0.464. The normalized spacial score (nSPS) is 10.6. The summed E-state index contributed by atoms with van der Waals surface area (Å²) in [4.78, 5) is 4.10. The number of phenolic OH excluding ortho intramolecular Hbond substituents is 1. The average Bonchev–Trinajstić information content (AvgIpc) is 2.67. The van der Waals surface area contributed by atoms with Crippen molar-refractivity contribution < 1.29 is 5.11 Å². The molecule has 0 saturated carbocycles. The Kier molecular flexibility index (Phi) is 3.16. The van der Waals surface area contributed by atoms with Gasteiger partial charge in [0.1, 0.15) is 12.1 Å². The molecule has 0 radical (unpaired) electrons. The Morgan fingerprint density at radius 1 is 1.31 bits per heavy atom. The fraction of sp³-hybridized carbons (Fsp3) is 0.273. The van der Waals surface area contributed by atoms with Crippen LogP contribution in [0.1, 0.15) is 11.4 Å². The predicted molar refractivity (Wildman–Crippen MR) is 59.7 cm³/mol. The topological polar surface area (TPSA) is 63.0 Å². The van der Waals surface area contributed by atoms with Gasteiger partial charge in [-0.1, -0.05) is 18.2 Å². The number of benzene rings is 1. The van der Waals surface area contributed by atoms with Crippen LogP contribution in [0.4, 0.5) is 0 Å². The zero-order valence-electron chi connectivity index (χ0n) is 9.09. The fourth-order valence-corrected chi connectivity index (χ4v) is 1.43. The fourth-order valence-electron chi connectivity index (χ4n) is 1.43. The van der Waals surface area contributed by atoms with Crippen molar-refractivity contribution in [3.8, 4) is 5.75 Å². The van der Waals surface area contributed by atoms with Crippen LogP contribution in [0.3, 0.4) is 0 Å². The largest absolute Gasteiger partial charge is 0.508 e. The minimum absolute atomic E-state index is 0.309. The molecular formula is C11H14N4O. The number of aromatic hydroxyl groups is 1.